The molecule has 0 aliphatic heterocycles. The summed E-state index contributed by atoms with van der Waals surface area (Å²) in [5, 5.41) is 20.8. The number of ketones is 1. The van der Waals surface area contributed by atoms with E-state index in [0.717, 1.165) is 12.0 Å². The van der Waals surface area contributed by atoms with E-state index in [1.807, 2.05) is 19.1 Å². The molecule has 0 amide bonds. The van der Waals surface area contributed by atoms with Gasteiger partial charge in [0.15, 0.2) is 5.78 Å². The first-order valence-corrected chi connectivity index (χ1v) is 6.90. The topological polar surface area (TPSA) is 80.4 Å². The van der Waals surface area contributed by atoms with E-state index in [4.69, 9.17) is 0 Å². The van der Waals surface area contributed by atoms with E-state index in [-0.39, 0.29) is 18.1 Å². The molecule has 0 aromatic heterocycles. The number of aryl methyl sites for hydroxylation is 1. The monoisotopic (exact) mass is 277 g/mol. The van der Waals surface area contributed by atoms with Gasteiger partial charge in [0.1, 0.15) is 6.10 Å². The molecule has 1 fully saturated rings. The molecule has 5 nitrogen and oxygen atoms in total. The quantitative estimate of drug-likeness (QED) is 0.520. The molecular formula is C15H19NO4. The van der Waals surface area contributed by atoms with Gasteiger partial charge >= 0.3 is 0 Å². The highest BCUT2D eigenvalue weighted by Crippen LogP contribution is 2.30. The maximum Gasteiger partial charge on any atom is 0.241 e. The van der Waals surface area contributed by atoms with Crippen molar-refractivity contribution in [2.45, 2.75) is 44.8 Å². The molecule has 5 heteroatoms. The van der Waals surface area contributed by atoms with Gasteiger partial charge in [0.2, 0.25) is 6.04 Å². The number of aliphatic hydroxyl groups excluding tert-OH is 1. The van der Waals surface area contributed by atoms with Gasteiger partial charge in [0.05, 0.1) is 0 Å². The van der Waals surface area contributed by atoms with Gasteiger partial charge in [-0.05, 0) is 19.8 Å². The van der Waals surface area contributed by atoms with Gasteiger partial charge in [-0.3, -0.25) is 14.9 Å². The minimum atomic E-state index is -1.02. The van der Waals surface area contributed by atoms with Gasteiger partial charge in [0, 0.05) is 22.8 Å². The van der Waals surface area contributed by atoms with Crippen LogP contribution in [0.1, 0.15) is 41.6 Å². The minimum absolute atomic E-state index is 0.0871. The number of rotatable bonds is 4. The minimum Gasteiger partial charge on any atom is -0.386 e. The largest absolute Gasteiger partial charge is 0.386 e. The summed E-state index contributed by atoms with van der Waals surface area (Å²) >= 11 is 0. The fourth-order valence-electron chi connectivity index (χ4n) is 2.88. The summed E-state index contributed by atoms with van der Waals surface area (Å²) in [5.74, 6) is -0.460. The number of nitro groups is 1. The predicted molar refractivity (Wildman–Crippen MR) is 74.3 cm³/mol. The lowest BCUT2D eigenvalue weighted by molar-refractivity contribution is -0.547. The number of Topliss-reactive ketones (excluding diaryl/α,β-unsaturated/α-hetero) is 1. The first-order chi connectivity index (χ1) is 9.49. The molecule has 20 heavy (non-hydrogen) atoms. The van der Waals surface area contributed by atoms with E-state index in [0.29, 0.717) is 18.4 Å². The van der Waals surface area contributed by atoms with E-state index >= 15 is 0 Å². The van der Waals surface area contributed by atoms with Crippen molar-refractivity contribution in [3.63, 3.8) is 0 Å². The van der Waals surface area contributed by atoms with E-state index in [2.05, 4.69) is 0 Å². The fraction of sp³-hybridized carbons (Fsp3) is 0.533. The Balaban J connectivity index is 2.09. The molecule has 0 heterocycles. The SMILES string of the molecule is Cc1ccc(C(=O)CC2CCCC(O)C2[N+](=O)[O-])cc1. The third-order valence-corrected chi connectivity index (χ3v) is 4.02. The summed E-state index contributed by atoms with van der Waals surface area (Å²) in [4.78, 5) is 22.8. The van der Waals surface area contributed by atoms with Crippen LogP contribution in [-0.2, 0) is 0 Å². The molecule has 0 bridgehead atoms. The number of hydrogen-bond acceptors (Lipinski definition) is 4. The maximum atomic E-state index is 12.2. The van der Waals surface area contributed by atoms with Crippen LogP contribution in [0.2, 0.25) is 0 Å². The van der Waals surface area contributed by atoms with Crippen LogP contribution in [0.3, 0.4) is 0 Å². The smallest absolute Gasteiger partial charge is 0.241 e. The molecule has 0 saturated heterocycles. The zero-order valence-corrected chi connectivity index (χ0v) is 11.5. The summed E-state index contributed by atoms with van der Waals surface area (Å²) in [5.41, 5.74) is 1.65. The van der Waals surface area contributed by atoms with Gasteiger partial charge in [0.25, 0.3) is 0 Å². The molecular weight excluding hydrogens is 258 g/mol. The van der Waals surface area contributed by atoms with Gasteiger partial charge < -0.3 is 5.11 Å². The zero-order valence-electron chi connectivity index (χ0n) is 11.5. The number of hydrogen-bond donors (Lipinski definition) is 1. The fourth-order valence-corrected chi connectivity index (χ4v) is 2.88. The molecule has 1 aromatic rings. The van der Waals surface area contributed by atoms with Crippen LogP contribution in [0, 0.1) is 23.0 Å². The van der Waals surface area contributed by atoms with Crippen molar-refractivity contribution in [1.82, 2.24) is 0 Å². The van der Waals surface area contributed by atoms with Gasteiger partial charge in [-0.25, -0.2) is 0 Å². The van der Waals surface area contributed by atoms with Gasteiger partial charge in [-0.2, -0.15) is 0 Å². The van der Waals surface area contributed by atoms with Crippen molar-refractivity contribution in [2.24, 2.45) is 5.92 Å². The third kappa shape index (κ3) is 3.22. The Morgan fingerprint density at radius 3 is 2.60 bits per heavy atom. The second kappa shape index (κ2) is 6.13. The Morgan fingerprint density at radius 2 is 2.00 bits per heavy atom. The summed E-state index contributed by atoms with van der Waals surface area (Å²) in [7, 11) is 0. The van der Waals surface area contributed by atoms with Crippen LogP contribution < -0.4 is 0 Å². The molecule has 3 unspecified atom stereocenters. The van der Waals surface area contributed by atoms with Crippen molar-refractivity contribution < 1.29 is 14.8 Å². The van der Waals surface area contributed by atoms with Crippen molar-refractivity contribution >= 4 is 5.78 Å². The normalized spacial score (nSPS) is 26.2. The predicted octanol–water partition coefficient (Wildman–Crippen LogP) is 2.37. The second-order valence-corrected chi connectivity index (χ2v) is 5.53. The summed E-state index contributed by atoms with van der Waals surface area (Å²) in [6.45, 7) is 1.94. The van der Waals surface area contributed by atoms with Crippen LogP contribution in [0.25, 0.3) is 0 Å². The average molecular weight is 277 g/mol. The molecule has 1 aromatic carbocycles. The number of carbonyl (C=O) groups is 1. The summed E-state index contributed by atoms with van der Waals surface area (Å²) in [6, 6.07) is 6.19. The van der Waals surface area contributed by atoms with Crippen LogP contribution in [-0.4, -0.2) is 28.0 Å². The summed E-state index contributed by atoms with van der Waals surface area (Å²) in [6.07, 6.45) is 0.999. The molecule has 1 N–H and O–H groups in total. The molecule has 0 spiro atoms. The Hall–Kier alpha value is -1.75. The molecule has 1 aliphatic carbocycles. The number of carbonyl (C=O) groups excluding carboxylic acids is 1. The first kappa shape index (κ1) is 14.7. The molecule has 3 atom stereocenters. The van der Waals surface area contributed by atoms with Crippen LogP contribution >= 0.6 is 0 Å². The van der Waals surface area contributed by atoms with Crippen molar-refractivity contribution in [2.75, 3.05) is 0 Å². The van der Waals surface area contributed by atoms with Crippen molar-refractivity contribution in [3.8, 4) is 0 Å². The number of nitrogens with zero attached hydrogens (tertiary/aromatic N) is 1. The van der Waals surface area contributed by atoms with E-state index in [1.54, 1.807) is 12.1 Å². The van der Waals surface area contributed by atoms with Gasteiger partial charge in [-0.1, -0.05) is 36.2 Å². The molecule has 0 radical (unpaired) electrons. The number of aliphatic hydroxyl groups is 1. The zero-order chi connectivity index (χ0) is 14.7. The Bertz CT molecular complexity index is 497. The lowest BCUT2D eigenvalue weighted by atomic mass is 9.79. The Labute approximate surface area is 117 Å². The molecule has 2 rings (SSSR count). The lowest BCUT2D eigenvalue weighted by Crippen LogP contribution is -2.44. The van der Waals surface area contributed by atoms with Crippen LogP contribution in [0.4, 0.5) is 0 Å². The number of benzene rings is 1. The first-order valence-electron chi connectivity index (χ1n) is 6.90. The highest BCUT2D eigenvalue weighted by molar-refractivity contribution is 5.96. The van der Waals surface area contributed by atoms with E-state index in [1.165, 1.54) is 0 Å². The standard InChI is InChI=1S/C15H19NO4/c1-10-5-7-11(8-6-10)14(18)9-12-3-2-4-13(17)15(12)16(19)20/h5-8,12-13,15,17H,2-4,9H2,1H3. The maximum absolute atomic E-state index is 12.2. The van der Waals surface area contributed by atoms with Crippen molar-refractivity contribution in [1.29, 1.82) is 0 Å². The van der Waals surface area contributed by atoms with E-state index < -0.39 is 17.1 Å². The molecule has 1 aliphatic rings. The van der Waals surface area contributed by atoms with Crippen LogP contribution in [0.15, 0.2) is 24.3 Å². The molecule has 1 saturated carbocycles. The highest BCUT2D eigenvalue weighted by Gasteiger charge is 2.41. The second-order valence-electron chi connectivity index (χ2n) is 5.53. The lowest BCUT2D eigenvalue weighted by Gasteiger charge is -2.28. The Morgan fingerprint density at radius 1 is 1.35 bits per heavy atom. The van der Waals surface area contributed by atoms with Crippen molar-refractivity contribution in [3.05, 3.63) is 45.5 Å². The Kier molecular flexibility index (Phi) is 4.49. The van der Waals surface area contributed by atoms with Crippen LogP contribution in [0.5, 0.6) is 0 Å². The van der Waals surface area contributed by atoms with E-state index in [9.17, 15) is 20.0 Å². The third-order valence-electron chi connectivity index (χ3n) is 4.02. The molecule has 108 valence electrons. The highest BCUT2D eigenvalue weighted by atomic mass is 16.6. The van der Waals surface area contributed by atoms with Gasteiger partial charge in [-0.15, -0.1) is 0 Å². The summed E-state index contributed by atoms with van der Waals surface area (Å²) < 4.78 is 0. The average Bonchev–Trinajstić information content (AvgIpc) is 2.39.